The molecule has 1 aliphatic heterocycles. The zero-order valence-corrected chi connectivity index (χ0v) is 11.9. The van der Waals surface area contributed by atoms with Gasteiger partial charge in [-0.15, -0.1) is 0 Å². The number of rotatable bonds is 3. The van der Waals surface area contributed by atoms with Gasteiger partial charge >= 0.3 is 0 Å². The van der Waals surface area contributed by atoms with E-state index in [2.05, 4.69) is 56.7 Å². The fourth-order valence-electron chi connectivity index (χ4n) is 2.28. The van der Waals surface area contributed by atoms with Gasteiger partial charge in [0.25, 0.3) is 0 Å². The number of halogens is 1. The molecule has 3 rings (SSSR count). The van der Waals surface area contributed by atoms with Crippen LogP contribution in [0, 0.1) is 0 Å². The number of benzene rings is 1. The second-order valence-corrected chi connectivity index (χ2v) is 5.97. The predicted octanol–water partition coefficient (Wildman–Crippen LogP) is 2.98. The summed E-state index contributed by atoms with van der Waals surface area (Å²) in [5.74, 6) is 1.12. The Morgan fingerprint density at radius 1 is 1.33 bits per heavy atom. The van der Waals surface area contributed by atoms with E-state index in [0.717, 1.165) is 30.1 Å². The summed E-state index contributed by atoms with van der Waals surface area (Å²) in [6, 6.07) is 8.40. The van der Waals surface area contributed by atoms with Crippen LogP contribution < -0.4 is 0 Å². The third-order valence-corrected chi connectivity index (χ3v) is 3.89. The van der Waals surface area contributed by atoms with Crippen molar-refractivity contribution in [3.8, 4) is 0 Å². The van der Waals surface area contributed by atoms with Crippen molar-refractivity contribution < 1.29 is 4.74 Å². The van der Waals surface area contributed by atoms with Crippen molar-refractivity contribution in [3.05, 3.63) is 52.5 Å². The molecule has 1 aliphatic rings. The van der Waals surface area contributed by atoms with E-state index in [1.807, 2.05) is 12.4 Å². The Kier molecular flexibility index (Phi) is 2.99. The van der Waals surface area contributed by atoms with Gasteiger partial charge in [-0.3, -0.25) is 0 Å². The van der Waals surface area contributed by atoms with Crippen molar-refractivity contribution in [3.63, 3.8) is 0 Å². The van der Waals surface area contributed by atoms with E-state index >= 15 is 0 Å². The van der Waals surface area contributed by atoms with Crippen LogP contribution in [-0.2, 0) is 16.7 Å². The number of nitrogens with zero attached hydrogens (tertiary/aromatic N) is 2. The average Bonchev–Trinajstić information content (AvgIpc) is 2.78. The Bertz CT molecular complexity index is 543. The van der Waals surface area contributed by atoms with Crippen molar-refractivity contribution in [1.29, 1.82) is 0 Å². The van der Waals surface area contributed by atoms with Gasteiger partial charge in [0.1, 0.15) is 5.82 Å². The van der Waals surface area contributed by atoms with Crippen LogP contribution in [0.5, 0.6) is 0 Å². The molecule has 18 heavy (non-hydrogen) atoms. The van der Waals surface area contributed by atoms with Crippen molar-refractivity contribution in [2.75, 3.05) is 13.2 Å². The normalized spacial score (nSPS) is 17.4. The van der Waals surface area contributed by atoms with E-state index in [1.165, 1.54) is 5.56 Å². The molecule has 0 bridgehead atoms. The Hall–Kier alpha value is -1.13. The Labute approximate surface area is 115 Å². The van der Waals surface area contributed by atoms with Gasteiger partial charge in [0.15, 0.2) is 0 Å². The van der Waals surface area contributed by atoms with Crippen LogP contribution in [0.2, 0.25) is 0 Å². The third-order valence-electron chi connectivity index (χ3n) is 3.36. The number of aromatic nitrogens is 2. The number of ether oxygens (including phenoxy) is 1. The molecular weight excluding hydrogens is 292 g/mol. The van der Waals surface area contributed by atoms with Crippen molar-refractivity contribution >= 4 is 15.9 Å². The Morgan fingerprint density at radius 3 is 2.67 bits per heavy atom. The van der Waals surface area contributed by atoms with Gasteiger partial charge in [0.05, 0.1) is 18.6 Å². The number of hydrogen-bond acceptors (Lipinski definition) is 2. The maximum atomic E-state index is 5.32. The average molecular weight is 307 g/mol. The van der Waals surface area contributed by atoms with Crippen LogP contribution in [-0.4, -0.2) is 22.8 Å². The van der Waals surface area contributed by atoms with Gasteiger partial charge in [0.2, 0.25) is 0 Å². The standard InChI is InChI=1S/C14H15BrN2O/c1-14(9-18-10-14)13-16-6-7-17(13)8-11-2-4-12(15)5-3-11/h2-7H,8-10H2,1H3. The molecule has 0 atom stereocenters. The second-order valence-electron chi connectivity index (χ2n) is 5.06. The van der Waals surface area contributed by atoms with Crippen LogP contribution in [0.4, 0.5) is 0 Å². The highest BCUT2D eigenvalue weighted by molar-refractivity contribution is 9.10. The SMILES string of the molecule is CC1(c2nccn2Cc2ccc(Br)cc2)COC1. The maximum absolute atomic E-state index is 5.32. The lowest BCUT2D eigenvalue weighted by atomic mass is 9.87. The first-order chi connectivity index (χ1) is 8.67. The van der Waals surface area contributed by atoms with Crippen molar-refractivity contribution in [2.45, 2.75) is 18.9 Å². The summed E-state index contributed by atoms with van der Waals surface area (Å²) in [7, 11) is 0. The Balaban J connectivity index is 1.85. The fraction of sp³-hybridized carbons (Fsp3) is 0.357. The molecular formula is C14H15BrN2O. The molecule has 2 heterocycles. The van der Waals surface area contributed by atoms with E-state index < -0.39 is 0 Å². The van der Waals surface area contributed by atoms with E-state index in [0.29, 0.717) is 0 Å². The molecule has 1 aromatic heterocycles. The van der Waals surface area contributed by atoms with Crippen LogP contribution in [0.3, 0.4) is 0 Å². The number of imidazole rings is 1. The first-order valence-corrected chi connectivity index (χ1v) is 6.80. The van der Waals surface area contributed by atoms with Gasteiger partial charge in [-0.25, -0.2) is 4.98 Å². The zero-order valence-electron chi connectivity index (χ0n) is 10.3. The Morgan fingerprint density at radius 2 is 2.06 bits per heavy atom. The van der Waals surface area contributed by atoms with E-state index in [-0.39, 0.29) is 5.41 Å². The summed E-state index contributed by atoms with van der Waals surface area (Å²) in [5.41, 5.74) is 1.36. The first kappa shape index (κ1) is 11.9. The third kappa shape index (κ3) is 2.10. The second kappa shape index (κ2) is 4.52. The van der Waals surface area contributed by atoms with E-state index in [1.54, 1.807) is 0 Å². The summed E-state index contributed by atoms with van der Waals surface area (Å²) >= 11 is 3.45. The lowest BCUT2D eigenvalue weighted by molar-refractivity contribution is -0.0557. The summed E-state index contributed by atoms with van der Waals surface area (Å²) in [6.07, 6.45) is 3.92. The molecule has 94 valence electrons. The molecule has 0 spiro atoms. The molecule has 3 nitrogen and oxygen atoms in total. The first-order valence-electron chi connectivity index (χ1n) is 6.01. The van der Waals surface area contributed by atoms with Gasteiger partial charge in [-0.2, -0.15) is 0 Å². The van der Waals surface area contributed by atoms with Crippen LogP contribution in [0.15, 0.2) is 41.1 Å². The molecule has 4 heteroatoms. The predicted molar refractivity (Wildman–Crippen MR) is 73.6 cm³/mol. The van der Waals surface area contributed by atoms with Gasteiger partial charge < -0.3 is 9.30 Å². The fourth-order valence-corrected chi connectivity index (χ4v) is 2.55. The summed E-state index contributed by atoms with van der Waals surface area (Å²) in [6.45, 7) is 4.60. The largest absolute Gasteiger partial charge is 0.379 e. The quantitative estimate of drug-likeness (QED) is 0.871. The highest BCUT2D eigenvalue weighted by atomic mass is 79.9. The lowest BCUT2D eigenvalue weighted by Gasteiger charge is -2.37. The monoisotopic (exact) mass is 306 g/mol. The van der Waals surface area contributed by atoms with E-state index in [9.17, 15) is 0 Å². The number of hydrogen-bond donors (Lipinski definition) is 0. The summed E-state index contributed by atoms with van der Waals surface area (Å²) < 4.78 is 8.64. The molecule has 1 fully saturated rings. The molecule has 0 saturated carbocycles. The molecule has 1 saturated heterocycles. The van der Waals surface area contributed by atoms with Gasteiger partial charge in [-0.05, 0) is 24.6 Å². The van der Waals surface area contributed by atoms with E-state index in [4.69, 9.17) is 4.74 Å². The van der Waals surface area contributed by atoms with Crippen molar-refractivity contribution in [1.82, 2.24) is 9.55 Å². The smallest absolute Gasteiger partial charge is 0.119 e. The molecule has 0 amide bonds. The maximum Gasteiger partial charge on any atom is 0.119 e. The van der Waals surface area contributed by atoms with Crippen molar-refractivity contribution in [2.24, 2.45) is 0 Å². The van der Waals surface area contributed by atoms with Crippen LogP contribution in [0.25, 0.3) is 0 Å². The van der Waals surface area contributed by atoms with Crippen LogP contribution in [0.1, 0.15) is 18.3 Å². The molecule has 2 aromatic rings. The lowest BCUT2D eigenvalue weighted by Crippen LogP contribution is -2.46. The van der Waals surface area contributed by atoms with Gasteiger partial charge in [-0.1, -0.05) is 28.1 Å². The molecule has 0 aliphatic carbocycles. The summed E-state index contributed by atoms with van der Waals surface area (Å²) in [4.78, 5) is 4.50. The topological polar surface area (TPSA) is 27.1 Å². The highest BCUT2D eigenvalue weighted by Crippen LogP contribution is 2.30. The molecule has 0 radical (unpaired) electrons. The summed E-state index contributed by atoms with van der Waals surface area (Å²) in [5, 5.41) is 0. The zero-order chi connectivity index (χ0) is 12.6. The highest BCUT2D eigenvalue weighted by Gasteiger charge is 2.38. The molecule has 0 N–H and O–H groups in total. The van der Waals surface area contributed by atoms with Crippen LogP contribution >= 0.6 is 15.9 Å². The minimum atomic E-state index is 0.0822. The minimum absolute atomic E-state index is 0.0822. The molecule has 0 unspecified atom stereocenters. The minimum Gasteiger partial charge on any atom is -0.379 e. The van der Waals surface area contributed by atoms with Gasteiger partial charge in [0, 0.05) is 23.4 Å². The molecule has 1 aromatic carbocycles.